The van der Waals surface area contributed by atoms with Crippen molar-refractivity contribution >= 4 is 29.3 Å². The van der Waals surface area contributed by atoms with Crippen molar-refractivity contribution < 1.29 is 14.7 Å². The third-order valence-corrected chi connectivity index (χ3v) is 2.53. The molecule has 3 N–H and O–H groups in total. The maximum atomic E-state index is 11.6. The van der Waals surface area contributed by atoms with Crippen LogP contribution in [0.5, 0.6) is 0 Å². The average molecular weight is 283 g/mol. The summed E-state index contributed by atoms with van der Waals surface area (Å²) in [5.41, 5.74) is 0.163. The number of rotatable bonds is 5. The molecule has 2 amide bonds. The fourth-order valence-electron chi connectivity index (χ4n) is 1.40. The molecular formula is C13H15ClN2O3. The number of benzene rings is 1. The van der Waals surface area contributed by atoms with Gasteiger partial charge >= 0.3 is 12.0 Å². The Morgan fingerprint density at radius 1 is 1.42 bits per heavy atom. The number of aromatic carboxylic acids is 1. The fraction of sp³-hybridized carbons (Fsp3) is 0.231. The lowest BCUT2D eigenvalue weighted by Gasteiger charge is -2.09. The molecule has 0 heterocycles. The molecule has 0 radical (unpaired) electrons. The maximum absolute atomic E-state index is 11.6. The Labute approximate surface area is 116 Å². The van der Waals surface area contributed by atoms with Gasteiger partial charge in [-0.15, -0.1) is 0 Å². The lowest BCUT2D eigenvalue weighted by molar-refractivity contribution is 0.0698. The molecule has 0 fully saturated rings. The van der Waals surface area contributed by atoms with Crippen molar-refractivity contribution in [1.29, 1.82) is 0 Å². The topological polar surface area (TPSA) is 78.4 Å². The number of amides is 2. The fourth-order valence-corrected chi connectivity index (χ4v) is 1.58. The van der Waals surface area contributed by atoms with Crippen molar-refractivity contribution in [1.82, 2.24) is 5.32 Å². The largest absolute Gasteiger partial charge is 0.478 e. The van der Waals surface area contributed by atoms with Crippen molar-refractivity contribution in [2.75, 3.05) is 11.9 Å². The van der Waals surface area contributed by atoms with E-state index in [0.717, 1.165) is 6.42 Å². The van der Waals surface area contributed by atoms with Gasteiger partial charge in [-0.1, -0.05) is 23.8 Å². The normalized spacial score (nSPS) is 10.4. The number of carbonyl (C=O) groups is 2. The molecule has 0 aliphatic heterocycles. The van der Waals surface area contributed by atoms with Gasteiger partial charge in [0.25, 0.3) is 0 Å². The molecule has 6 heteroatoms. The molecule has 1 aromatic rings. The molecule has 0 aromatic heterocycles. The summed E-state index contributed by atoms with van der Waals surface area (Å²) in [7, 11) is 0. The second-order valence-corrected chi connectivity index (χ2v) is 4.17. The van der Waals surface area contributed by atoms with E-state index in [0.29, 0.717) is 11.6 Å². The highest BCUT2D eigenvalue weighted by Crippen LogP contribution is 2.20. The molecule has 0 atom stereocenters. The van der Waals surface area contributed by atoms with Crippen LogP contribution >= 0.6 is 11.6 Å². The molecule has 1 aromatic carbocycles. The zero-order valence-corrected chi connectivity index (χ0v) is 11.2. The van der Waals surface area contributed by atoms with Crippen LogP contribution in [-0.2, 0) is 0 Å². The minimum atomic E-state index is -1.15. The number of allylic oxidation sites excluding steroid dienone is 1. The summed E-state index contributed by atoms with van der Waals surface area (Å²) in [6.45, 7) is 2.37. The number of nitrogens with one attached hydrogen (secondary N) is 2. The summed E-state index contributed by atoms with van der Waals surface area (Å²) in [5.74, 6) is -1.15. The van der Waals surface area contributed by atoms with Gasteiger partial charge in [0, 0.05) is 11.6 Å². The number of hydrogen-bond acceptors (Lipinski definition) is 2. The van der Waals surface area contributed by atoms with Crippen molar-refractivity contribution in [2.24, 2.45) is 0 Å². The van der Waals surface area contributed by atoms with Crippen LogP contribution in [0.3, 0.4) is 0 Å². The quantitative estimate of drug-likeness (QED) is 0.573. The van der Waals surface area contributed by atoms with Gasteiger partial charge in [-0.2, -0.15) is 0 Å². The van der Waals surface area contributed by atoms with E-state index in [4.69, 9.17) is 16.7 Å². The summed E-state index contributed by atoms with van der Waals surface area (Å²) in [6, 6.07) is 3.81. The summed E-state index contributed by atoms with van der Waals surface area (Å²) in [6.07, 6.45) is 4.53. The summed E-state index contributed by atoms with van der Waals surface area (Å²) < 4.78 is 0. The van der Waals surface area contributed by atoms with Crippen LogP contribution < -0.4 is 10.6 Å². The first-order chi connectivity index (χ1) is 9.04. The van der Waals surface area contributed by atoms with Gasteiger partial charge in [-0.3, -0.25) is 0 Å². The Hall–Kier alpha value is -2.01. The van der Waals surface area contributed by atoms with E-state index in [1.807, 2.05) is 19.1 Å². The van der Waals surface area contributed by atoms with Gasteiger partial charge in [0.05, 0.1) is 11.3 Å². The lowest BCUT2D eigenvalue weighted by Crippen LogP contribution is -2.30. The van der Waals surface area contributed by atoms with Gasteiger partial charge in [-0.05, 0) is 31.5 Å². The summed E-state index contributed by atoms with van der Waals surface area (Å²) in [4.78, 5) is 22.6. The molecule has 19 heavy (non-hydrogen) atoms. The highest BCUT2D eigenvalue weighted by atomic mass is 35.5. The van der Waals surface area contributed by atoms with Crippen LogP contribution in [0.2, 0.25) is 5.02 Å². The number of anilines is 1. The van der Waals surface area contributed by atoms with E-state index in [9.17, 15) is 9.59 Å². The van der Waals surface area contributed by atoms with Crippen LogP contribution in [0, 0.1) is 0 Å². The number of urea groups is 1. The second kappa shape index (κ2) is 7.43. The molecule has 1 rings (SSSR count). The smallest absolute Gasteiger partial charge is 0.337 e. The van der Waals surface area contributed by atoms with Gasteiger partial charge in [0.15, 0.2) is 0 Å². The highest BCUT2D eigenvalue weighted by molar-refractivity contribution is 6.31. The minimum absolute atomic E-state index is 0.0453. The molecule has 102 valence electrons. The Kier molecular flexibility index (Phi) is 5.89. The predicted octanol–water partition coefficient (Wildman–Crippen LogP) is 3.13. The Balaban J connectivity index is 2.66. The van der Waals surface area contributed by atoms with Gasteiger partial charge in [0.1, 0.15) is 0 Å². The van der Waals surface area contributed by atoms with Gasteiger partial charge in [0.2, 0.25) is 0 Å². The first kappa shape index (κ1) is 15.0. The number of carboxylic acids is 1. The van der Waals surface area contributed by atoms with Crippen LogP contribution in [0.4, 0.5) is 10.5 Å². The first-order valence-corrected chi connectivity index (χ1v) is 6.11. The molecule has 0 aliphatic rings. The second-order valence-electron chi connectivity index (χ2n) is 3.73. The predicted molar refractivity (Wildman–Crippen MR) is 74.9 cm³/mol. The Bertz CT molecular complexity index is 501. The third-order valence-electron chi connectivity index (χ3n) is 2.29. The monoisotopic (exact) mass is 282 g/mol. The standard InChI is InChI=1S/C13H15ClN2O3/c1-2-3-4-7-15-13(19)16-11-6-5-9(14)8-10(11)12(17)18/h2-3,5-6,8H,4,7H2,1H3,(H,17,18)(H2,15,16,19)/b3-2+. The van der Waals surface area contributed by atoms with Gasteiger partial charge in [-0.25, -0.2) is 9.59 Å². The molecule has 0 spiro atoms. The summed E-state index contributed by atoms with van der Waals surface area (Å²) in [5, 5.41) is 14.4. The Morgan fingerprint density at radius 3 is 2.79 bits per heavy atom. The first-order valence-electron chi connectivity index (χ1n) is 5.73. The molecule has 0 saturated heterocycles. The van der Waals surface area contributed by atoms with Crippen LogP contribution in [0.15, 0.2) is 30.4 Å². The molecule has 5 nitrogen and oxygen atoms in total. The molecule has 0 bridgehead atoms. The lowest BCUT2D eigenvalue weighted by atomic mass is 10.2. The van der Waals surface area contributed by atoms with Crippen LogP contribution in [0.1, 0.15) is 23.7 Å². The van der Waals surface area contributed by atoms with Crippen LogP contribution in [-0.4, -0.2) is 23.7 Å². The average Bonchev–Trinajstić information content (AvgIpc) is 2.36. The third kappa shape index (κ3) is 5.01. The van der Waals surface area contributed by atoms with E-state index < -0.39 is 12.0 Å². The van der Waals surface area contributed by atoms with Crippen molar-refractivity contribution in [3.8, 4) is 0 Å². The van der Waals surface area contributed by atoms with Crippen molar-refractivity contribution in [2.45, 2.75) is 13.3 Å². The zero-order valence-electron chi connectivity index (χ0n) is 10.4. The number of halogens is 1. The van der Waals surface area contributed by atoms with Crippen molar-refractivity contribution in [3.63, 3.8) is 0 Å². The molecular weight excluding hydrogens is 268 g/mol. The maximum Gasteiger partial charge on any atom is 0.337 e. The SMILES string of the molecule is C/C=C/CCNC(=O)Nc1ccc(Cl)cc1C(=O)O. The molecule has 0 aliphatic carbocycles. The van der Waals surface area contributed by atoms with E-state index in [-0.39, 0.29) is 11.3 Å². The highest BCUT2D eigenvalue weighted by Gasteiger charge is 2.12. The molecule has 0 unspecified atom stereocenters. The number of carboxylic acid groups (broad SMARTS) is 1. The van der Waals surface area contributed by atoms with E-state index in [1.54, 1.807) is 0 Å². The van der Waals surface area contributed by atoms with Crippen molar-refractivity contribution in [3.05, 3.63) is 40.9 Å². The summed E-state index contributed by atoms with van der Waals surface area (Å²) >= 11 is 5.72. The number of hydrogen-bond donors (Lipinski definition) is 3. The molecule has 0 saturated carbocycles. The van der Waals surface area contributed by atoms with E-state index in [1.165, 1.54) is 18.2 Å². The van der Waals surface area contributed by atoms with Crippen LogP contribution in [0.25, 0.3) is 0 Å². The van der Waals surface area contributed by atoms with E-state index in [2.05, 4.69) is 10.6 Å². The Morgan fingerprint density at radius 2 is 2.16 bits per heavy atom. The van der Waals surface area contributed by atoms with E-state index >= 15 is 0 Å². The number of carbonyl (C=O) groups excluding carboxylic acids is 1. The minimum Gasteiger partial charge on any atom is -0.478 e. The van der Waals surface area contributed by atoms with Gasteiger partial charge < -0.3 is 15.7 Å². The zero-order chi connectivity index (χ0) is 14.3.